The van der Waals surface area contributed by atoms with E-state index < -0.39 is 0 Å². The number of carbonyl (C=O) groups is 1. The molecule has 15 heavy (non-hydrogen) atoms. The van der Waals surface area contributed by atoms with Gasteiger partial charge in [0.15, 0.2) is 0 Å². The number of rotatable bonds is 3. The summed E-state index contributed by atoms with van der Waals surface area (Å²) in [6.07, 6.45) is 3.51. The number of nitrogens with two attached hydrogens (primary N) is 1. The molecule has 0 saturated heterocycles. The number of nitrogens with one attached hydrogen (secondary N) is 1. The molecule has 3 nitrogen and oxygen atoms in total. The minimum atomic E-state index is 0.122. The second kappa shape index (κ2) is 4.45. The number of aryl methyl sites for hydroxylation is 2. The number of fused-ring (bicyclic) bond motifs is 1. The zero-order valence-electron chi connectivity index (χ0n) is 8.75. The Bertz CT molecular complexity index is 374. The molecule has 1 aliphatic heterocycles. The van der Waals surface area contributed by atoms with Gasteiger partial charge in [-0.3, -0.25) is 4.79 Å². The molecule has 2 rings (SSSR count). The fourth-order valence-electron chi connectivity index (χ4n) is 1.90. The summed E-state index contributed by atoms with van der Waals surface area (Å²) in [4.78, 5) is 11.2. The molecule has 0 aromatic heterocycles. The monoisotopic (exact) mass is 204 g/mol. The van der Waals surface area contributed by atoms with Crippen LogP contribution in [0.2, 0.25) is 0 Å². The van der Waals surface area contributed by atoms with E-state index in [1.165, 1.54) is 11.1 Å². The predicted octanol–water partition coefficient (Wildman–Crippen LogP) is 1.46. The molecule has 80 valence electrons. The number of hydrogen-bond acceptors (Lipinski definition) is 2. The summed E-state index contributed by atoms with van der Waals surface area (Å²) in [5.41, 5.74) is 9.02. The Kier molecular flexibility index (Phi) is 3.02. The molecule has 1 amide bonds. The van der Waals surface area contributed by atoms with E-state index in [2.05, 4.69) is 17.4 Å². The Morgan fingerprint density at radius 2 is 2.20 bits per heavy atom. The first kappa shape index (κ1) is 10.2. The van der Waals surface area contributed by atoms with E-state index in [4.69, 9.17) is 5.73 Å². The molecule has 1 heterocycles. The van der Waals surface area contributed by atoms with E-state index >= 15 is 0 Å². The third-order valence-electron chi connectivity index (χ3n) is 2.73. The SMILES string of the molecule is NCCCc1ccc2c(c1)CCC(=O)N2. The van der Waals surface area contributed by atoms with Gasteiger partial charge in [-0.15, -0.1) is 0 Å². The molecular formula is C12H16N2O. The fraction of sp³-hybridized carbons (Fsp3) is 0.417. The zero-order valence-corrected chi connectivity index (χ0v) is 8.75. The van der Waals surface area contributed by atoms with E-state index in [9.17, 15) is 4.79 Å². The fourth-order valence-corrected chi connectivity index (χ4v) is 1.90. The minimum absolute atomic E-state index is 0.122. The largest absolute Gasteiger partial charge is 0.330 e. The van der Waals surface area contributed by atoms with Crippen LogP contribution in [0.5, 0.6) is 0 Å². The van der Waals surface area contributed by atoms with Gasteiger partial charge in [0.05, 0.1) is 0 Å². The van der Waals surface area contributed by atoms with Crippen molar-refractivity contribution in [2.45, 2.75) is 25.7 Å². The quantitative estimate of drug-likeness (QED) is 0.783. The van der Waals surface area contributed by atoms with Crippen molar-refractivity contribution in [3.05, 3.63) is 29.3 Å². The van der Waals surface area contributed by atoms with Crippen LogP contribution in [0.3, 0.4) is 0 Å². The second-order valence-electron chi connectivity index (χ2n) is 3.93. The molecule has 0 radical (unpaired) electrons. The van der Waals surface area contributed by atoms with Gasteiger partial charge in [0.2, 0.25) is 5.91 Å². The summed E-state index contributed by atoms with van der Waals surface area (Å²) < 4.78 is 0. The Labute approximate surface area is 89.7 Å². The molecule has 0 fully saturated rings. The first-order valence-corrected chi connectivity index (χ1v) is 5.41. The number of amides is 1. The number of benzene rings is 1. The Morgan fingerprint density at radius 1 is 1.33 bits per heavy atom. The highest BCUT2D eigenvalue weighted by atomic mass is 16.1. The van der Waals surface area contributed by atoms with Crippen LogP contribution in [0.4, 0.5) is 5.69 Å². The van der Waals surface area contributed by atoms with Crippen molar-refractivity contribution < 1.29 is 4.79 Å². The molecular weight excluding hydrogens is 188 g/mol. The maximum Gasteiger partial charge on any atom is 0.224 e. The zero-order chi connectivity index (χ0) is 10.7. The summed E-state index contributed by atoms with van der Waals surface area (Å²) in [5.74, 6) is 0.122. The van der Waals surface area contributed by atoms with Crippen molar-refractivity contribution in [1.82, 2.24) is 0 Å². The molecule has 1 aromatic carbocycles. The Hall–Kier alpha value is -1.35. The second-order valence-corrected chi connectivity index (χ2v) is 3.93. The summed E-state index contributed by atoms with van der Waals surface area (Å²) in [5, 5.41) is 2.88. The van der Waals surface area contributed by atoms with Crippen LogP contribution >= 0.6 is 0 Å². The number of carbonyl (C=O) groups excluding carboxylic acids is 1. The molecule has 0 saturated carbocycles. The van der Waals surface area contributed by atoms with E-state index in [-0.39, 0.29) is 5.91 Å². The van der Waals surface area contributed by atoms with Gasteiger partial charge in [-0.05, 0) is 43.0 Å². The van der Waals surface area contributed by atoms with Crippen LogP contribution in [-0.2, 0) is 17.6 Å². The summed E-state index contributed by atoms with van der Waals surface area (Å²) >= 11 is 0. The lowest BCUT2D eigenvalue weighted by atomic mass is 9.98. The topological polar surface area (TPSA) is 55.1 Å². The highest BCUT2D eigenvalue weighted by Crippen LogP contribution is 2.23. The summed E-state index contributed by atoms with van der Waals surface area (Å²) in [6.45, 7) is 0.730. The van der Waals surface area contributed by atoms with Crippen LogP contribution in [0.25, 0.3) is 0 Å². The average Bonchev–Trinajstić information content (AvgIpc) is 2.26. The molecule has 0 unspecified atom stereocenters. The van der Waals surface area contributed by atoms with Crippen LogP contribution in [0.15, 0.2) is 18.2 Å². The third-order valence-corrected chi connectivity index (χ3v) is 2.73. The third kappa shape index (κ3) is 2.36. The molecule has 0 aliphatic carbocycles. The van der Waals surface area contributed by atoms with Crippen molar-refractivity contribution in [3.63, 3.8) is 0 Å². The maximum atomic E-state index is 11.2. The lowest BCUT2D eigenvalue weighted by molar-refractivity contribution is -0.116. The van der Waals surface area contributed by atoms with Crippen LogP contribution < -0.4 is 11.1 Å². The van der Waals surface area contributed by atoms with Gasteiger partial charge >= 0.3 is 0 Å². The predicted molar refractivity (Wildman–Crippen MR) is 60.8 cm³/mol. The lowest BCUT2D eigenvalue weighted by Crippen LogP contribution is -2.19. The normalized spacial score (nSPS) is 14.6. The van der Waals surface area contributed by atoms with Crippen LogP contribution in [-0.4, -0.2) is 12.5 Å². The van der Waals surface area contributed by atoms with Crippen molar-refractivity contribution in [2.75, 3.05) is 11.9 Å². The van der Waals surface area contributed by atoms with Gasteiger partial charge in [0, 0.05) is 12.1 Å². The highest BCUT2D eigenvalue weighted by molar-refractivity contribution is 5.93. The smallest absolute Gasteiger partial charge is 0.224 e. The molecule has 3 heteroatoms. The Balaban J connectivity index is 2.15. The van der Waals surface area contributed by atoms with Gasteiger partial charge < -0.3 is 11.1 Å². The van der Waals surface area contributed by atoms with Gasteiger partial charge in [-0.25, -0.2) is 0 Å². The van der Waals surface area contributed by atoms with E-state index in [0.29, 0.717) is 6.42 Å². The molecule has 3 N–H and O–H groups in total. The number of hydrogen-bond donors (Lipinski definition) is 2. The lowest BCUT2D eigenvalue weighted by Gasteiger charge is -2.17. The van der Waals surface area contributed by atoms with Crippen molar-refractivity contribution in [1.29, 1.82) is 0 Å². The van der Waals surface area contributed by atoms with Crippen LogP contribution in [0, 0.1) is 0 Å². The molecule has 1 aliphatic rings. The first-order valence-electron chi connectivity index (χ1n) is 5.41. The van der Waals surface area contributed by atoms with Crippen molar-refractivity contribution in [2.24, 2.45) is 5.73 Å². The molecule has 0 spiro atoms. The van der Waals surface area contributed by atoms with E-state index in [1.807, 2.05) is 6.07 Å². The number of anilines is 1. The van der Waals surface area contributed by atoms with E-state index in [1.54, 1.807) is 0 Å². The van der Waals surface area contributed by atoms with Gasteiger partial charge in [-0.2, -0.15) is 0 Å². The van der Waals surface area contributed by atoms with Crippen LogP contribution in [0.1, 0.15) is 24.0 Å². The minimum Gasteiger partial charge on any atom is -0.330 e. The van der Waals surface area contributed by atoms with Gasteiger partial charge in [-0.1, -0.05) is 12.1 Å². The standard InChI is InChI=1S/C12H16N2O/c13-7-1-2-9-3-5-11-10(8-9)4-6-12(15)14-11/h3,5,8H,1-2,4,6-7,13H2,(H,14,15). The molecule has 1 aromatic rings. The molecule has 0 bridgehead atoms. The maximum absolute atomic E-state index is 11.2. The van der Waals surface area contributed by atoms with Gasteiger partial charge in [0.25, 0.3) is 0 Å². The van der Waals surface area contributed by atoms with E-state index in [0.717, 1.165) is 31.5 Å². The molecule has 0 atom stereocenters. The summed E-state index contributed by atoms with van der Waals surface area (Å²) in [6, 6.07) is 6.25. The Morgan fingerprint density at radius 3 is 3.00 bits per heavy atom. The first-order chi connectivity index (χ1) is 7.29. The summed E-state index contributed by atoms with van der Waals surface area (Å²) in [7, 11) is 0. The average molecular weight is 204 g/mol. The van der Waals surface area contributed by atoms with Gasteiger partial charge in [0.1, 0.15) is 0 Å². The highest BCUT2D eigenvalue weighted by Gasteiger charge is 2.14. The van der Waals surface area contributed by atoms with Crippen molar-refractivity contribution in [3.8, 4) is 0 Å². The van der Waals surface area contributed by atoms with Crippen molar-refractivity contribution >= 4 is 11.6 Å².